The lowest BCUT2D eigenvalue weighted by Gasteiger charge is -2.24. The lowest BCUT2D eigenvalue weighted by atomic mass is 10.1. The number of carboxylic acid groups (broad SMARTS) is 1. The third kappa shape index (κ3) is 2.70. The van der Waals surface area contributed by atoms with Gasteiger partial charge in [0.2, 0.25) is 5.91 Å². The molecule has 5 heteroatoms. The molecule has 1 aliphatic rings. The Balaban J connectivity index is 2.47. The summed E-state index contributed by atoms with van der Waals surface area (Å²) in [6.45, 7) is 2.41. The van der Waals surface area contributed by atoms with Crippen molar-refractivity contribution < 1.29 is 14.7 Å². The molecule has 0 unspecified atom stereocenters. The van der Waals surface area contributed by atoms with E-state index in [0.29, 0.717) is 13.0 Å². The zero-order chi connectivity index (χ0) is 14.0. The van der Waals surface area contributed by atoms with Crippen LogP contribution in [0.5, 0.6) is 0 Å². The number of carboxylic acids is 1. The van der Waals surface area contributed by atoms with Crippen LogP contribution in [0.15, 0.2) is 18.2 Å². The molecule has 0 saturated heterocycles. The van der Waals surface area contributed by atoms with E-state index < -0.39 is 5.97 Å². The van der Waals surface area contributed by atoms with Crippen LogP contribution in [0.2, 0.25) is 0 Å². The molecule has 0 saturated carbocycles. The maximum absolute atomic E-state index is 12.0. The smallest absolute Gasteiger partial charge is 0.323 e. The Hall–Kier alpha value is -2.04. The van der Waals surface area contributed by atoms with E-state index in [1.165, 1.54) is 0 Å². The molecule has 1 N–H and O–H groups in total. The molecule has 0 radical (unpaired) electrons. The van der Waals surface area contributed by atoms with Crippen molar-refractivity contribution in [3.8, 4) is 0 Å². The third-order valence-corrected chi connectivity index (χ3v) is 3.45. The number of rotatable bonds is 3. The number of aliphatic carboxylic acids is 1. The number of anilines is 2. The molecule has 19 heavy (non-hydrogen) atoms. The van der Waals surface area contributed by atoms with Crippen LogP contribution in [0.4, 0.5) is 11.4 Å². The number of fused-ring (bicyclic) bond motifs is 1. The Kier molecular flexibility index (Phi) is 3.74. The van der Waals surface area contributed by atoms with Gasteiger partial charge in [-0.2, -0.15) is 0 Å². The van der Waals surface area contributed by atoms with Crippen molar-refractivity contribution in [1.29, 1.82) is 0 Å². The molecule has 0 fully saturated rings. The first-order chi connectivity index (χ1) is 9.02. The summed E-state index contributed by atoms with van der Waals surface area (Å²) < 4.78 is 0. The highest BCUT2D eigenvalue weighted by atomic mass is 16.4. The van der Waals surface area contributed by atoms with Crippen molar-refractivity contribution >= 4 is 23.3 Å². The minimum absolute atomic E-state index is 0.0161. The Morgan fingerprint density at radius 1 is 1.37 bits per heavy atom. The molecular formula is C14H18N2O3. The van der Waals surface area contributed by atoms with Gasteiger partial charge in [0.05, 0.1) is 11.4 Å². The van der Waals surface area contributed by atoms with Crippen LogP contribution >= 0.6 is 0 Å². The Bertz CT molecular complexity index is 513. The van der Waals surface area contributed by atoms with Crippen LogP contribution in [0.3, 0.4) is 0 Å². The van der Waals surface area contributed by atoms with E-state index in [0.717, 1.165) is 23.4 Å². The highest BCUT2D eigenvalue weighted by Gasteiger charge is 2.24. The second kappa shape index (κ2) is 5.30. The second-order valence-electron chi connectivity index (χ2n) is 4.69. The largest absolute Gasteiger partial charge is 0.480 e. The van der Waals surface area contributed by atoms with Gasteiger partial charge in [0.1, 0.15) is 6.54 Å². The van der Waals surface area contributed by atoms with Crippen molar-refractivity contribution in [2.75, 3.05) is 29.9 Å². The number of nitrogens with zero attached hydrogens (tertiary/aromatic N) is 2. The molecule has 0 bridgehead atoms. The fraction of sp³-hybridized carbons (Fsp3) is 0.429. The maximum atomic E-state index is 12.0. The fourth-order valence-corrected chi connectivity index (χ4v) is 2.31. The van der Waals surface area contributed by atoms with Gasteiger partial charge in [-0.1, -0.05) is 13.0 Å². The Morgan fingerprint density at radius 2 is 2.11 bits per heavy atom. The number of benzene rings is 1. The molecule has 0 aromatic heterocycles. The zero-order valence-electron chi connectivity index (χ0n) is 11.2. The summed E-state index contributed by atoms with van der Waals surface area (Å²) in [5, 5.41) is 8.98. The van der Waals surface area contributed by atoms with Gasteiger partial charge < -0.3 is 14.9 Å². The van der Waals surface area contributed by atoms with Crippen LogP contribution in [0, 0.1) is 0 Å². The second-order valence-corrected chi connectivity index (χ2v) is 4.69. The van der Waals surface area contributed by atoms with Gasteiger partial charge in [0.15, 0.2) is 0 Å². The van der Waals surface area contributed by atoms with Gasteiger partial charge in [-0.05, 0) is 24.1 Å². The van der Waals surface area contributed by atoms with Crippen LogP contribution in [-0.4, -0.2) is 37.1 Å². The quantitative estimate of drug-likeness (QED) is 0.897. The van der Waals surface area contributed by atoms with E-state index in [4.69, 9.17) is 5.11 Å². The van der Waals surface area contributed by atoms with E-state index in [1.807, 2.05) is 18.2 Å². The number of hydrogen-bond donors (Lipinski definition) is 1. The predicted octanol–water partition coefficient (Wildman–Crippen LogP) is 1.51. The molecule has 2 rings (SSSR count). The van der Waals surface area contributed by atoms with E-state index >= 15 is 0 Å². The number of amides is 1. The molecule has 0 spiro atoms. The molecule has 1 aromatic carbocycles. The number of aryl methyl sites for hydroxylation is 1. The predicted molar refractivity (Wildman–Crippen MR) is 73.7 cm³/mol. The van der Waals surface area contributed by atoms with Gasteiger partial charge in [-0.25, -0.2) is 0 Å². The minimum atomic E-state index is -0.887. The number of hydrogen-bond acceptors (Lipinski definition) is 3. The molecule has 5 nitrogen and oxygen atoms in total. The lowest BCUT2D eigenvalue weighted by Crippen LogP contribution is -2.30. The molecular weight excluding hydrogens is 244 g/mol. The average molecular weight is 262 g/mol. The van der Waals surface area contributed by atoms with Gasteiger partial charge in [0, 0.05) is 20.0 Å². The third-order valence-electron chi connectivity index (χ3n) is 3.45. The van der Waals surface area contributed by atoms with Gasteiger partial charge in [-0.3, -0.25) is 9.59 Å². The Morgan fingerprint density at radius 3 is 2.74 bits per heavy atom. The van der Waals surface area contributed by atoms with Crippen molar-refractivity contribution in [2.24, 2.45) is 0 Å². The Labute approximate surface area is 112 Å². The van der Waals surface area contributed by atoms with E-state index in [-0.39, 0.29) is 12.5 Å². The summed E-state index contributed by atoms with van der Waals surface area (Å²) >= 11 is 0. The van der Waals surface area contributed by atoms with Crippen molar-refractivity contribution in [1.82, 2.24) is 0 Å². The van der Waals surface area contributed by atoms with Crippen LogP contribution in [-0.2, 0) is 16.0 Å². The maximum Gasteiger partial charge on any atom is 0.323 e. The first kappa shape index (κ1) is 13.4. The standard InChI is InChI=1S/C14H18N2O3/c1-3-10-4-5-11-12(8-10)15(2)13(17)6-7-16(11)9-14(18)19/h4-5,8H,3,6-7,9H2,1-2H3,(H,18,19). The van der Waals surface area contributed by atoms with Crippen LogP contribution in [0.25, 0.3) is 0 Å². The fourth-order valence-electron chi connectivity index (χ4n) is 2.31. The zero-order valence-corrected chi connectivity index (χ0v) is 11.2. The van der Waals surface area contributed by atoms with Crippen molar-refractivity contribution in [3.63, 3.8) is 0 Å². The van der Waals surface area contributed by atoms with E-state index in [2.05, 4.69) is 6.92 Å². The average Bonchev–Trinajstić information content (AvgIpc) is 2.50. The van der Waals surface area contributed by atoms with Crippen molar-refractivity contribution in [3.05, 3.63) is 23.8 Å². The molecule has 1 aromatic rings. The molecule has 1 aliphatic heterocycles. The van der Waals surface area contributed by atoms with Gasteiger partial charge >= 0.3 is 5.97 Å². The SMILES string of the molecule is CCc1ccc2c(c1)N(C)C(=O)CCN2CC(=O)O. The monoisotopic (exact) mass is 262 g/mol. The highest BCUT2D eigenvalue weighted by molar-refractivity contribution is 5.98. The normalized spacial score (nSPS) is 15.2. The van der Waals surface area contributed by atoms with Crippen LogP contribution in [0.1, 0.15) is 18.9 Å². The van der Waals surface area contributed by atoms with Gasteiger partial charge in [-0.15, -0.1) is 0 Å². The summed E-state index contributed by atoms with van der Waals surface area (Å²) in [6, 6.07) is 5.86. The topological polar surface area (TPSA) is 60.9 Å². The first-order valence-electron chi connectivity index (χ1n) is 6.39. The summed E-state index contributed by atoms with van der Waals surface area (Å²) in [7, 11) is 1.74. The summed E-state index contributed by atoms with van der Waals surface area (Å²) in [5.74, 6) is -0.870. The summed E-state index contributed by atoms with van der Waals surface area (Å²) in [4.78, 5) is 26.3. The minimum Gasteiger partial charge on any atom is -0.480 e. The summed E-state index contributed by atoms with van der Waals surface area (Å²) in [6.07, 6.45) is 1.22. The van der Waals surface area contributed by atoms with E-state index in [9.17, 15) is 9.59 Å². The molecule has 102 valence electrons. The molecule has 0 atom stereocenters. The molecule has 1 amide bonds. The van der Waals surface area contributed by atoms with Crippen LogP contribution < -0.4 is 9.80 Å². The summed E-state index contributed by atoms with van der Waals surface area (Å²) in [5.41, 5.74) is 2.74. The molecule has 1 heterocycles. The van der Waals surface area contributed by atoms with E-state index in [1.54, 1.807) is 16.8 Å². The van der Waals surface area contributed by atoms with Crippen molar-refractivity contribution in [2.45, 2.75) is 19.8 Å². The highest BCUT2D eigenvalue weighted by Crippen LogP contribution is 2.33. The number of carbonyl (C=O) groups excluding carboxylic acids is 1. The molecule has 0 aliphatic carbocycles. The first-order valence-corrected chi connectivity index (χ1v) is 6.39. The number of carbonyl (C=O) groups is 2. The van der Waals surface area contributed by atoms with Gasteiger partial charge in [0.25, 0.3) is 0 Å². The lowest BCUT2D eigenvalue weighted by molar-refractivity contribution is -0.135.